The van der Waals surface area contributed by atoms with E-state index in [0.717, 1.165) is 13.3 Å². The maximum Gasteiger partial charge on any atom is 0.119 e. The Bertz CT molecular complexity index is 206. The minimum absolute atomic E-state index is 0.536. The van der Waals surface area contributed by atoms with Crippen molar-refractivity contribution >= 4 is 0 Å². The predicted molar refractivity (Wildman–Crippen MR) is 55.3 cm³/mol. The van der Waals surface area contributed by atoms with Gasteiger partial charge in [-0.3, -0.25) is 0 Å². The van der Waals surface area contributed by atoms with Crippen molar-refractivity contribution in [1.29, 1.82) is 0 Å². The first-order chi connectivity index (χ1) is 6.04. The Hall–Kier alpha value is -0.500. The molecule has 0 unspecified atom stereocenters. The molecule has 0 spiro atoms. The van der Waals surface area contributed by atoms with E-state index in [1.54, 1.807) is 0 Å². The molecule has 76 valence electrons. The number of hydrogen-bond donors (Lipinski definition) is 0. The van der Waals surface area contributed by atoms with Gasteiger partial charge in [0.1, 0.15) is 6.73 Å². The van der Waals surface area contributed by atoms with Gasteiger partial charge in [0.25, 0.3) is 0 Å². The highest BCUT2D eigenvalue weighted by atomic mass is 16.5. The molecule has 1 rings (SSSR count). The van der Waals surface area contributed by atoms with Crippen molar-refractivity contribution in [2.45, 2.75) is 40.7 Å². The Labute approximate surface area is 81.6 Å². The van der Waals surface area contributed by atoms with Gasteiger partial charge in [0.15, 0.2) is 0 Å². The molecule has 0 fully saturated rings. The van der Waals surface area contributed by atoms with E-state index in [-0.39, 0.29) is 0 Å². The lowest BCUT2D eigenvalue weighted by molar-refractivity contribution is 0.0207. The van der Waals surface area contributed by atoms with E-state index in [1.165, 1.54) is 11.3 Å². The molecule has 0 saturated heterocycles. The van der Waals surface area contributed by atoms with Gasteiger partial charge >= 0.3 is 0 Å². The van der Waals surface area contributed by atoms with E-state index in [9.17, 15) is 0 Å². The van der Waals surface area contributed by atoms with Crippen molar-refractivity contribution in [2.75, 3.05) is 13.3 Å². The molecule has 2 heteroatoms. The van der Waals surface area contributed by atoms with Crippen LogP contribution in [-0.2, 0) is 4.74 Å². The van der Waals surface area contributed by atoms with Crippen LogP contribution in [0.5, 0.6) is 0 Å². The van der Waals surface area contributed by atoms with E-state index >= 15 is 0 Å². The van der Waals surface area contributed by atoms with Gasteiger partial charge in [-0.05, 0) is 32.3 Å². The number of hydrogen-bond acceptors (Lipinski definition) is 2. The van der Waals surface area contributed by atoms with Crippen LogP contribution >= 0.6 is 0 Å². The summed E-state index contributed by atoms with van der Waals surface area (Å²) in [6.45, 7) is 12.6. The Morgan fingerprint density at radius 1 is 1.23 bits per heavy atom. The predicted octanol–water partition coefficient (Wildman–Crippen LogP) is 2.61. The van der Waals surface area contributed by atoms with Crippen LogP contribution in [-0.4, -0.2) is 24.3 Å². The maximum absolute atomic E-state index is 5.56. The van der Waals surface area contributed by atoms with Gasteiger partial charge in [-0.1, -0.05) is 13.8 Å². The second-order valence-corrected chi connectivity index (χ2v) is 4.31. The molecule has 0 atom stereocenters. The summed E-state index contributed by atoms with van der Waals surface area (Å²) in [6.07, 6.45) is 0. The highest BCUT2D eigenvalue weighted by Crippen LogP contribution is 2.23. The molecule has 2 nitrogen and oxygen atoms in total. The molecule has 0 radical (unpaired) electrons. The van der Waals surface area contributed by atoms with Gasteiger partial charge in [-0.2, -0.15) is 0 Å². The molecule has 13 heavy (non-hydrogen) atoms. The Kier molecular flexibility index (Phi) is 3.37. The number of allylic oxidation sites excluding steroid dienone is 1. The fraction of sp³-hybridized carbons (Fsp3) is 0.818. The molecule has 1 aliphatic rings. The van der Waals surface area contributed by atoms with Gasteiger partial charge in [-0.15, -0.1) is 0 Å². The smallest absolute Gasteiger partial charge is 0.119 e. The van der Waals surface area contributed by atoms with E-state index in [2.05, 4.69) is 39.5 Å². The Balaban J connectivity index is 2.85. The fourth-order valence-electron chi connectivity index (χ4n) is 1.76. The van der Waals surface area contributed by atoms with Crippen molar-refractivity contribution in [3.05, 3.63) is 11.3 Å². The first kappa shape index (κ1) is 10.6. The molecule has 0 aromatic heterocycles. The first-order valence-corrected chi connectivity index (χ1v) is 5.08. The van der Waals surface area contributed by atoms with Crippen molar-refractivity contribution < 1.29 is 4.74 Å². The normalized spacial score (nSPS) is 19.2. The highest BCUT2D eigenvalue weighted by molar-refractivity contribution is 5.16. The molecule has 0 aromatic rings. The number of rotatable bonds is 2. The monoisotopic (exact) mass is 183 g/mol. The van der Waals surface area contributed by atoms with Crippen molar-refractivity contribution in [3.8, 4) is 0 Å². The summed E-state index contributed by atoms with van der Waals surface area (Å²) in [5.41, 5.74) is 2.86. The maximum atomic E-state index is 5.56. The highest BCUT2D eigenvalue weighted by Gasteiger charge is 2.20. The van der Waals surface area contributed by atoms with E-state index in [4.69, 9.17) is 4.74 Å². The second-order valence-electron chi connectivity index (χ2n) is 4.31. The van der Waals surface area contributed by atoms with E-state index in [0.29, 0.717) is 12.0 Å². The molecule has 0 amide bonds. The third kappa shape index (κ3) is 2.25. The quantitative estimate of drug-likeness (QED) is 0.652. The van der Waals surface area contributed by atoms with Crippen LogP contribution in [0.3, 0.4) is 0 Å². The summed E-state index contributed by atoms with van der Waals surface area (Å²) in [7, 11) is 0. The SMILES string of the molecule is CC1=C(C(C)C)COCN1C(C)C. The van der Waals surface area contributed by atoms with Crippen LogP contribution in [0, 0.1) is 5.92 Å². The van der Waals surface area contributed by atoms with Crippen molar-refractivity contribution in [3.63, 3.8) is 0 Å². The second kappa shape index (κ2) is 4.14. The molecule has 0 N–H and O–H groups in total. The summed E-state index contributed by atoms with van der Waals surface area (Å²) in [4.78, 5) is 2.32. The van der Waals surface area contributed by atoms with Gasteiger partial charge < -0.3 is 9.64 Å². The lowest BCUT2D eigenvalue weighted by Crippen LogP contribution is -2.37. The summed E-state index contributed by atoms with van der Waals surface area (Å²) < 4.78 is 5.56. The molecule has 1 aliphatic heterocycles. The van der Waals surface area contributed by atoms with Gasteiger partial charge in [0.05, 0.1) is 6.61 Å². The summed E-state index contributed by atoms with van der Waals surface area (Å²) in [6, 6.07) is 0.536. The average molecular weight is 183 g/mol. The van der Waals surface area contributed by atoms with Crippen LogP contribution in [0.1, 0.15) is 34.6 Å². The Morgan fingerprint density at radius 3 is 2.31 bits per heavy atom. The summed E-state index contributed by atoms with van der Waals surface area (Å²) in [5.74, 6) is 0.599. The van der Waals surface area contributed by atoms with Crippen molar-refractivity contribution in [1.82, 2.24) is 4.90 Å². The van der Waals surface area contributed by atoms with Crippen LogP contribution < -0.4 is 0 Å². The number of ether oxygens (including phenoxy) is 1. The van der Waals surface area contributed by atoms with Gasteiger partial charge in [0.2, 0.25) is 0 Å². The Morgan fingerprint density at radius 2 is 1.85 bits per heavy atom. The van der Waals surface area contributed by atoms with Crippen molar-refractivity contribution in [2.24, 2.45) is 5.92 Å². The molecule has 1 heterocycles. The summed E-state index contributed by atoms with van der Waals surface area (Å²) >= 11 is 0. The van der Waals surface area contributed by atoms with E-state index in [1.807, 2.05) is 0 Å². The lowest BCUT2D eigenvalue weighted by Gasteiger charge is -2.36. The largest absolute Gasteiger partial charge is 0.357 e. The molecule has 0 bridgehead atoms. The minimum Gasteiger partial charge on any atom is -0.357 e. The standard InChI is InChI=1S/C11H21NO/c1-8(2)11-6-13-7-12(9(3)4)10(11)5/h8-9H,6-7H2,1-5H3. The van der Waals surface area contributed by atoms with Crippen LogP contribution in [0.4, 0.5) is 0 Å². The van der Waals surface area contributed by atoms with Gasteiger partial charge in [-0.25, -0.2) is 0 Å². The van der Waals surface area contributed by atoms with Crippen LogP contribution in [0.25, 0.3) is 0 Å². The third-order valence-corrected chi connectivity index (χ3v) is 2.70. The molecule has 0 saturated carbocycles. The topological polar surface area (TPSA) is 12.5 Å². The third-order valence-electron chi connectivity index (χ3n) is 2.70. The van der Waals surface area contributed by atoms with E-state index < -0.39 is 0 Å². The summed E-state index contributed by atoms with van der Waals surface area (Å²) in [5, 5.41) is 0. The van der Waals surface area contributed by atoms with Crippen LogP contribution in [0.15, 0.2) is 11.3 Å². The molecule has 0 aromatic carbocycles. The lowest BCUT2D eigenvalue weighted by atomic mass is 10.0. The zero-order valence-electron chi connectivity index (χ0n) is 9.42. The van der Waals surface area contributed by atoms with Crippen LogP contribution in [0.2, 0.25) is 0 Å². The number of nitrogens with zero attached hydrogens (tertiary/aromatic N) is 1. The molecule has 0 aliphatic carbocycles. The zero-order valence-corrected chi connectivity index (χ0v) is 9.42. The average Bonchev–Trinajstić information content (AvgIpc) is 2.03. The fourth-order valence-corrected chi connectivity index (χ4v) is 1.76. The van der Waals surface area contributed by atoms with Gasteiger partial charge in [0, 0.05) is 11.7 Å². The minimum atomic E-state index is 0.536. The zero-order chi connectivity index (χ0) is 10.0. The molecular weight excluding hydrogens is 162 g/mol. The molecular formula is C11H21NO. The first-order valence-electron chi connectivity index (χ1n) is 5.08.